The summed E-state index contributed by atoms with van der Waals surface area (Å²) >= 11 is 0. The summed E-state index contributed by atoms with van der Waals surface area (Å²) in [6.45, 7) is 2.61. The highest BCUT2D eigenvalue weighted by Crippen LogP contribution is 2.22. The summed E-state index contributed by atoms with van der Waals surface area (Å²) in [5, 5.41) is 2.19. The third-order valence-electron chi connectivity index (χ3n) is 3.87. The molecule has 1 heterocycles. The van der Waals surface area contributed by atoms with Crippen LogP contribution in [0.2, 0.25) is 0 Å². The number of carbonyl (C=O) groups is 3. The predicted molar refractivity (Wildman–Crippen MR) is 69.4 cm³/mol. The Labute approximate surface area is 113 Å². The van der Waals surface area contributed by atoms with Gasteiger partial charge in [0.2, 0.25) is 11.8 Å². The van der Waals surface area contributed by atoms with Crippen molar-refractivity contribution in [3.8, 4) is 0 Å². The molecule has 0 aromatic rings. The van der Waals surface area contributed by atoms with Gasteiger partial charge in [-0.2, -0.15) is 0 Å². The Kier molecular flexibility index (Phi) is 4.39. The zero-order chi connectivity index (χ0) is 13.8. The highest BCUT2D eigenvalue weighted by molar-refractivity contribution is 6.03. The van der Waals surface area contributed by atoms with Crippen LogP contribution in [0, 0.1) is 0 Å². The van der Waals surface area contributed by atoms with E-state index in [1.54, 1.807) is 0 Å². The Morgan fingerprint density at radius 3 is 2.53 bits per heavy atom. The number of nitrogens with one attached hydrogen (secondary N) is 1. The molecule has 1 N–H and O–H groups in total. The van der Waals surface area contributed by atoms with Crippen molar-refractivity contribution in [2.45, 2.75) is 45.1 Å². The van der Waals surface area contributed by atoms with Crippen molar-refractivity contribution in [3.05, 3.63) is 0 Å². The van der Waals surface area contributed by atoms with Crippen molar-refractivity contribution in [2.75, 3.05) is 19.6 Å². The molecule has 1 aliphatic carbocycles. The normalized spacial score (nSPS) is 20.6. The van der Waals surface area contributed by atoms with E-state index in [9.17, 15) is 14.4 Å². The Balaban J connectivity index is 1.93. The van der Waals surface area contributed by atoms with Gasteiger partial charge in [-0.25, -0.2) is 4.79 Å². The fourth-order valence-electron chi connectivity index (χ4n) is 2.90. The van der Waals surface area contributed by atoms with Gasteiger partial charge < -0.3 is 9.80 Å². The predicted octanol–water partition coefficient (Wildman–Crippen LogP) is 0.719. The van der Waals surface area contributed by atoms with Gasteiger partial charge in [-0.3, -0.25) is 14.9 Å². The van der Waals surface area contributed by atoms with Crippen LogP contribution in [0.4, 0.5) is 4.79 Å². The first-order valence-corrected chi connectivity index (χ1v) is 7.00. The number of likely N-dealkylation sites (N-methyl/N-ethyl adjacent to an activating group) is 1. The Hall–Kier alpha value is -1.59. The molecule has 0 aromatic heterocycles. The van der Waals surface area contributed by atoms with E-state index >= 15 is 0 Å². The van der Waals surface area contributed by atoms with Crippen molar-refractivity contribution in [2.24, 2.45) is 0 Å². The summed E-state index contributed by atoms with van der Waals surface area (Å²) in [5.74, 6) is -0.391. The highest BCUT2D eigenvalue weighted by atomic mass is 16.2. The maximum absolute atomic E-state index is 12.3. The van der Waals surface area contributed by atoms with Gasteiger partial charge in [-0.05, 0) is 19.8 Å². The van der Waals surface area contributed by atoms with Gasteiger partial charge in [0, 0.05) is 12.6 Å². The monoisotopic (exact) mass is 267 g/mol. The molecular weight excluding hydrogens is 246 g/mol. The summed E-state index contributed by atoms with van der Waals surface area (Å²) in [6.07, 6.45) is 5.66. The molecule has 6 heteroatoms. The van der Waals surface area contributed by atoms with Crippen LogP contribution in [-0.2, 0) is 9.59 Å². The molecule has 2 fully saturated rings. The summed E-state index contributed by atoms with van der Waals surface area (Å²) in [4.78, 5) is 37.9. The number of hydrogen-bond donors (Lipinski definition) is 1. The van der Waals surface area contributed by atoms with Crippen LogP contribution in [-0.4, -0.2) is 53.3 Å². The largest absolute Gasteiger partial charge is 0.338 e. The number of nitrogens with zero attached hydrogens (tertiary/aromatic N) is 2. The lowest BCUT2D eigenvalue weighted by molar-refractivity contribution is -0.134. The second-order valence-electron chi connectivity index (χ2n) is 5.18. The summed E-state index contributed by atoms with van der Waals surface area (Å²) in [7, 11) is 0. The minimum atomic E-state index is -0.460. The zero-order valence-electron chi connectivity index (χ0n) is 11.4. The van der Waals surface area contributed by atoms with Crippen LogP contribution in [0.1, 0.15) is 39.0 Å². The van der Waals surface area contributed by atoms with Crippen LogP contribution in [0.5, 0.6) is 0 Å². The number of rotatable bonds is 4. The van der Waals surface area contributed by atoms with Gasteiger partial charge in [-0.15, -0.1) is 0 Å². The fraction of sp³-hybridized carbons (Fsp3) is 0.769. The molecule has 4 amide bonds. The smallest absolute Gasteiger partial charge is 0.325 e. The Bertz CT molecular complexity index is 377. The lowest BCUT2D eigenvalue weighted by Gasteiger charge is -2.34. The van der Waals surface area contributed by atoms with Gasteiger partial charge in [0.1, 0.15) is 13.1 Å². The van der Waals surface area contributed by atoms with Crippen molar-refractivity contribution < 1.29 is 14.4 Å². The second kappa shape index (κ2) is 6.04. The minimum Gasteiger partial charge on any atom is -0.338 e. The van der Waals surface area contributed by atoms with E-state index < -0.39 is 6.03 Å². The zero-order valence-corrected chi connectivity index (χ0v) is 11.4. The standard InChI is InChI=1S/C13H21N3O3/c1-2-16(10-6-4-3-5-7-10)12(18)9-15-8-11(17)14-13(15)19/h10H,2-9H2,1H3,(H,14,17,19). The molecule has 1 saturated carbocycles. The molecule has 0 bridgehead atoms. The van der Waals surface area contributed by atoms with Crippen LogP contribution in [0.15, 0.2) is 0 Å². The number of carbonyl (C=O) groups excluding carboxylic acids is 3. The summed E-state index contributed by atoms with van der Waals surface area (Å²) < 4.78 is 0. The fourth-order valence-corrected chi connectivity index (χ4v) is 2.90. The molecule has 0 atom stereocenters. The number of amides is 4. The van der Waals surface area contributed by atoms with E-state index in [4.69, 9.17) is 0 Å². The molecule has 2 aliphatic rings. The molecule has 0 aromatic carbocycles. The Morgan fingerprint density at radius 2 is 2.00 bits per heavy atom. The molecule has 0 spiro atoms. The van der Waals surface area contributed by atoms with Gasteiger partial charge >= 0.3 is 6.03 Å². The molecule has 106 valence electrons. The van der Waals surface area contributed by atoms with Crippen LogP contribution >= 0.6 is 0 Å². The lowest BCUT2D eigenvalue weighted by atomic mass is 9.94. The topological polar surface area (TPSA) is 69.7 Å². The molecule has 1 saturated heterocycles. The van der Waals surface area contributed by atoms with E-state index in [0.717, 1.165) is 25.7 Å². The first kappa shape index (κ1) is 13.8. The quantitative estimate of drug-likeness (QED) is 0.763. The van der Waals surface area contributed by atoms with Gasteiger partial charge in [0.15, 0.2) is 0 Å². The first-order chi connectivity index (χ1) is 9.11. The van der Waals surface area contributed by atoms with Crippen LogP contribution in [0.25, 0.3) is 0 Å². The van der Waals surface area contributed by atoms with Crippen LogP contribution in [0.3, 0.4) is 0 Å². The minimum absolute atomic E-state index is 0.00190. The molecule has 19 heavy (non-hydrogen) atoms. The average Bonchev–Trinajstić information content (AvgIpc) is 2.70. The molecule has 1 aliphatic heterocycles. The van der Waals surface area contributed by atoms with E-state index in [0.29, 0.717) is 12.6 Å². The summed E-state index contributed by atoms with van der Waals surface area (Å²) in [6, 6.07) is -0.161. The van der Waals surface area contributed by atoms with E-state index in [1.165, 1.54) is 11.3 Å². The van der Waals surface area contributed by atoms with Gasteiger partial charge in [0.25, 0.3) is 0 Å². The third-order valence-corrected chi connectivity index (χ3v) is 3.87. The number of urea groups is 1. The maximum Gasteiger partial charge on any atom is 0.325 e. The maximum atomic E-state index is 12.3. The van der Waals surface area contributed by atoms with Gasteiger partial charge in [0.05, 0.1) is 0 Å². The molecule has 2 rings (SSSR count). The third kappa shape index (κ3) is 3.24. The Morgan fingerprint density at radius 1 is 1.32 bits per heavy atom. The van der Waals surface area contributed by atoms with Crippen molar-refractivity contribution in [1.82, 2.24) is 15.1 Å². The molecule has 0 unspecified atom stereocenters. The number of imide groups is 1. The second-order valence-corrected chi connectivity index (χ2v) is 5.18. The average molecular weight is 267 g/mol. The van der Waals surface area contributed by atoms with Crippen LogP contribution < -0.4 is 5.32 Å². The number of hydrogen-bond acceptors (Lipinski definition) is 3. The molecule has 6 nitrogen and oxygen atoms in total. The molecule has 0 radical (unpaired) electrons. The van der Waals surface area contributed by atoms with E-state index in [2.05, 4.69) is 5.32 Å². The van der Waals surface area contributed by atoms with E-state index in [1.807, 2.05) is 11.8 Å². The van der Waals surface area contributed by atoms with Gasteiger partial charge in [-0.1, -0.05) is 19.3 Å². The highest BCUT2D eigenvalue weighted by Gasteiger charge is 2.31. The SMILES string of the molecule is CCN(C(=O)CN1CC(=O)NC1=O)C1CCCCC1. The first-order valence-electron chi connectivity index (χ1n) is 7.00. The van der Waals surface area contributed by atoms with Crippen molar-refractivity contribution >= 4 is 17.8 Å². The van der Waals surface area contributed by atoms with E-state index in [-0.39, 0.29) is 24.9 Å². The summed E-state index contributed by atoms with van der Waals surface area (Å²) in [5.41, 5.74) is 0. The molecular formula is C13H21N3O3. The lowest BCUT2D eigenvalue weighted by Crippen LogP contribution is -2.46. The van der Waals surface area contributed by atoms with Crippen molar-refractivity contribution in [1.29, 1.82) is 0 Å². The van der Waals surface area contributed by atoms with Crippen molar-refractivity contribution in [3.63, 3.8) is 0 Å².